The minimum Gasteiger partial charge on any atom is -0.393 e. The average Bonchev–Trinajstić information content (AvgIpc) is 3.57. The van der Waals surface area contributed by atoms with Gasteiger partial charge in [-0.1, -0.05) is 74.0 Å². The summed E-state index contributed by atoms with van der Waals surface area (Å²) in [6.45, 7) is 5.13. The Morgan fingerprint density at radius 1 is 0.612 bits per heavy atom. The fraction of sp³-hybridized carbons (Fsp3) is 0.603. The normalized spacial score (nSPS) is 22.6. The Kier molecular flexibility index (Phi) is 32.1. The van der Waals surface area contributed by atoms with E-state index in [0.717, 1.165) is 0 Å². The molecule has 0 spiro atoms. The lowest BCUT2D eigenvalue weighted by Crippen LogP contribution is -2.60. The number of rotatable bonds is 27. The molecule has 26 nitrogen and oxygen atoms in total. The maximum Gasteiger partial charge on any atom is 0.243 e. The maximum atomic E-state index is 14.6. The summed E-state index contributed by atoms with van der Waals surface area (Å²) in [6.07, 6.45) is -5.60. The zero-order valence-corrected chi connectivity index (χ0v) is 49.8. The highest BCUT2D eigenvalue weighted by Gasteiger charge is 2.38. The van der Waals surface area contributed by atoms with E-state index in [9.17, 15) is 63.0 Å². The fourth-order valence-electron chi connectivity index (χ4n) is 9.71. The summed E-state index contributed by atoms with van der Waals surface area (Å²) in [5.74, 6) is -12.7. The molecular formula is C58H90ClN13O13. The first-order valence-electron chi connectivity index (χ1n) is 29.0. The van der Waals surface area contributed by atoms with Crippen LogP contribution < -0.4 is 71.2 Å². The summed E-state index contributed by atoms with van der Waals surface area (Å²) >= 11 is 6.26. The van der Waals surface area contributed by atoms with Crippen molar-refractivity contribution in [3.63, 3.8) is 0 Å². The van der Waals surface area contributed by atoms with Gasteiger partial charge in [0.15, 0.2) is 11.6 Å². The van der Waals surface area contributed by atoms with Gasteiger partial charge in [-0.25, -0.2) is 0 Å². The van der Waals surface area contributed by atoms with Crippen LogP contribution in [0.2, 0.25) is 5.02 Å². The van der Waals surface area contributed by atoms with E-state index in [-0.39, 0.29) is 102 Å². The molecule has 2 aromatic carbocycles. The van der Waals surface area contributed by atoms with Crippen LogP contribution >= 0.6 is 11.6 Å². The van der Waals surface area contributed by atoms with Crippen LogP contribution in [-0.4, -0.2) is 169 Å². The monoisotopic (exact) mass is 1210 g/mol. The third-order valence-electron chi connectivity index (χ3n) is 14.5. The summed E-state index contributed by atoms with van der Waals surface area (Å²) in [4.78, 5) is 155. The number of halogens is 1. The minimum atomic E-state index is -1.62. The number of amides is 8. The van der Waals surface area contributed by atoms with Crippen molar-refractivity contribution >= 4 is 76.2 Å². The van der Waals surface area contributed by atoms with E-state index in [1.165, 1.54) is 13.8 Å². The number of nitrogens with two attached hydrogens (primary N) is 5. The Morgan fingerprint density at radius 3 is 1.67 bits per heavy atom. The van der Waals surface area contributed by atoms with Gasteiger partial charge in [-0.2, -0.15) is 0 Å². The number of hydrogen-bond donors (Lipinski definition) is 15. The highest BCUT2D eigenvalue weighted by atomic mass is 35.5. The van der Waals surface area contributed by atoms with E-state index in [4.69, 9.17) is 40.3 Å². The van der Waals surface area contributed by atoms with Crippen molar-refractivity contribution in [1.29, 1.82) is 0 Å². The molecule has 27 heteroatoms. The zero-order valence-electron chi connectivity index (χ0n) is 49.1. The maximum absolute atomic E-state index is 14.6. The molecule has 0 aromatic heterocycles. The molecule has 2 aromatic rings. The van der Waals surface area contributed by atoms with Gasteiger partial charge in [0.2, 0.25) is 47.3 Å². The Bertz CT molecular complexity index is 2560. The van der Waals surface area contributed by atoms with Gasteiger partial charge in [0.25, 0.3) is 0 Å². The zero-order chi connectivity index (χ0) is 63.3. The molecule has 0 aliphatic carbocycles. The number of Topliss-reactive ketones (excluding diaryl/α,β-unsaturated/α-hetero) is 3. The molecule has 0 saturated carbocycles. The number of aliphatic hydroxyl groups is 2. The molecule has 0 bridgehead atoms. The third-order valence-corrected chi connectivity index (χ3v) is 14.8. The molecule has 3 rings (SSSR count). The lowest BCUT2D eigenvalue weighted by Gasteiger charge is -2.28. The quantitative estimate of drug-likeness (QED) is 0.0433. The van der Waals surface area contributed by atoms with Gasteiger partial charge >= 0.3 is 0 Å². The summed E-state index contributed by atoms with van der Waals surface area (Å²) < 4.78 is 0. The van der Waals surface area contributed by atoms with Crippen molar-refractivity contribution in [2.24, 2.45) is 52.3 Å². The van der Waals surface area contributed by atoms with Crippen molar-refractivity contribution in [2.45, 2.75) is 159 Å². The Balaban J connectivity index is 2.08. The van der Waals surface area contributed by atoms with E-state index < -0.39 is 157 Å². The van der Waals surface area contributed by atoms with Crippen molar-refractivity contribution in [3.8, 4) is 0 Å². The first-order chi connectivity index (χ1) is 40.4. The standard InChI is InChI=1S/C58H90ClN13O13/c1-32(2)26-46-57(84)69-43(17-23-63)54(81)66-42(16-22-62)48(76)31-40(33(3)73)53(80)65-25-19-45(56(83)68-44(18-24-64)55(82)71-47(58(85)70-46)27-35-10-6-5-7-11-35)67-51(78)38(15-21-61)30-49(77)50(34(4)74)72-52(79)37(14-20-60)29-39(75)28-36-12-8-9-13-41(36)59/h5-13,32-34,37-38,40,42-47,50,73-74H,14-31,60-64H2,1-4H3,(H,65,80)(H,66,81)(H,67,78)(H,68,83)(H,69,84)(H,70,85)(H,71,82)(H,72,79)/t33-,34-,37-,38-,40+,42+,43+,44+,45+,46+,47-,50+/m1/s1. The van der Waals surface area contributed by atoms with Crippen molar-refractivity contribution < 1.29 is 63.0 Å². The third kappa shape index (κ3) is 24.6. The lowest BCUT2D eigenvalue weighted by molar-refractivity contribution is -0.137. The molecular weight excluding hydrogens is 1120 g/mol. The summed E-state index contributed by atoms with van der Waals surface area (Å²) in [5.41, 5.74) is 30.6. The molecule has 12 atom stereocenters. The predicted molar refractivity (Wildman–Crippen MR) is 317 cm³/mol. The SMILES string of the molecule is CC(C)C[C@@H]1NC(=O)[C@@H](Cc2ccccc2)NC(=O)[C@H](CCN)NC(=O)[C@@H](NC(=O)[C@H](CCN)CC(=O)[C@@H](NC(=O)[C@H](CCN)CC(=O)Cc2ccccc2Cl)[C@@H](C)O)CCNC(=O)[C@H]([C@@H](C)O)CC(=O)[C@H](CCN)NC(=O)[C@H](CCN)NC1=O. The number of benzene rings is 2. The van der Waals surface area contributed by atoms with Crippen LogP contribution in [0.5, 0.6) is 0 Å². The van der Waals surface area contributed by atoms with Crippen LogP contribution in [0, 0.1) is 23.7 Å². The molecule has 1 saturated heterocycles. The number of aliphatic hydroxyl groups excluding tert-OH is 2. The first kappa shape index (κ1) is 72.5. The molecule has 85 heavy (non-hydrogen) atoms. The van der Waals surface area contributed by atoms with Crippen LogP contribution in [-0.2, 0) is 65.6 Å². The highest BCUT2D eigenvalue weighted by molar-refractivity contribution is 6.31. The number of ketones is 3. The lowest BCUT2D eigenvalue weighted by atomic mass is 9.91. The number of carbonyl (C=O) groups excluding carboxylic acids is 11. The van der Waals surface area contributed by atoms with Gasteiger partial charge < -0.3 is 81.4 Å². The second-order valence-corrected chi connectivity index (χ2v) is 22.4. The van der Waals surface area contributed by atoms with Crippen LogP contribution in [0.15, 0.2) is 54.6 Å². The number of hydrogen-bond acceptors (Lipinski definition) is 18. The Labute approximate surface area is 501 Å². The predicted octanol–water partition coefficient (Wildman–Crippen LogP) is -2.68. The smallest absolute Gasteiger partial charge is 0.243 e. The van der Waals surface area contributed by atoms with Crippen molar-refractivity contribution in [2.75, 3.05) is 39.3 Å². The van der Waals surface area contributed by atoms with E-state index in [0.29, 0.717) is 16.1 Å². The average molecular weight is 1210 g/mol. The van der Waals surface area contributed by atoms with Gasteiger partial charge in [0.05, 0.1) is 24.2 Å². The fourth-order valence-corrected chi connectivity index (χ4v) is 9.91. The summed E-state index contributed by atoms with van der Waals surface area (Å²) in [7, 11) is 0. The van der Waals surface area contributed by atoms with Gasteiger partial charge in [-0.15, -0.1) is 0 Å². The number of carbonyl (C=O) groups is 11. The van der Waals surface area contributed by atoms with Crippen LogP contribution in [0.3, 0.4) is 0 Å². The van der Waals surface area contributed by atoms with E-state index in [1.807, 2.05) is 0 Å². The van der Waals surface area contributed by atoms with Crippen LogP contribution in [0.4, 0.5) is 0 Å². The second kappa shape index (κ2) is 37.6. The summed E-state index contributed by atoms with van der Waals surface area (Å²) in [6, 6.07) is 5.27. The van der Waals surface area contributed by atoms with Crippen molar-refractivity contribution in [3.05, 3.63) is 70.7 Å². The van der Waals surface area contributed by atoms with E-state index in [1.54, 1.807) is 68.4 Å². The largest absolute Gasteiger partial charge is 0.393 e. The molecule has 0 radical (unpaired) electrons. The molecule has 8 amide bonds. The highest BCUT2D eigenvalue weighted by Crippen LogP contribution is 2.21. The molecule has 1 aliphatic heterocycles. The van der Waals surface area contributed by atoms with E-state index >= 15 is 0 Å². The van der Waals surface area contributed by atoms with Crippen molar-refractivity contribution in [1.82, 2.24) is 42.5 Å². The molecule has 0 unspecified atom stereocenters. The topological polar surface area (TPSA) is 455 Å². The molecule has 1 fully saturated rings. The second-order valence-electron chi connectivity index (χ2n) is 22.0. The minimum absolute atomic E-state index is 0.000341. The van der Waals surface area contributed by atoms with E-state index in [2.05, 4.69) is 42.5 Å². The van der Waals surface area contributed by atoms with Gasteiger partial charge in [-0.3, -0.25) is 52.7 Å². The molecule has 20 N–H and O–H groups in total. The number of nitrogens with one attached hydrogen (secondary N) is 8. The van der Waals surface area contributed by atoms with Gasteiger partial charge in [-0.05, 0) is 115 Å². The molecule has 1 aliphatic rings. The van der Waals surface area contributed by atoms with Gasteiger partial charge in [0.1, 0.15) is 42.0 Å². The Hall–Kier alpha value is -6.78. The van der Waals surface area contributed by atoms with Crippen LogP contribution in [0.1, 0.15) is 103 Å². The van der Waals surface area contributed by atoms with Crippen LogP contribution in [0.25, 0.3) is 0 Å². The molecule has 472 valence electrons. The molecule has 1 heterocycles. The summed E-state index contributed by atoms with van der Waals surface area (Å²) in [5, 5.41) is 43.0. The first-order valence-corrected chi connectivity index (χ1v) is 29.4. The van der Waals surface area contributed by atoms with Gasteiger partial charge in [0, 0.05) is 55.5 Å². The Morgan fingerprint density at radius 2 is 1.12 bits per heavy atom.